The third kappa shape index (κ3) is 6.74. The number of likely N-dealkylation sites (tertiary alicyclic amines) is 1. The number of anilines is 1. The molecule has 3 amide bonds. The fourth-order valence-corrected chi connectivity index (χ4v) is 5.91. The summed E-state index contributed by atoms with van der Waals surface area (Å²) in [5, 5.41) is 6.28. The lowest BCUT2D eigenvalue weighted by atomic mass is 9.95. The molecule has 3 aromatic rings. The van der Waals surface area contributed by atoms with Gasteiger partial charge in [-0.25, -0.2) is 9.78 Å². The van der Waals surface area contributed by atoms with Crippen LogP contribution in [0.25, 0.3) is 0 Å². The monoisotopic (exact) mass is 560 g/mol. The molecule has 0 spiro atoms. The topological polar surface area (TPSA) is 98.4 Å². The number of urea groups is 1. The summed E-state index contributed by atoms with van der Waals surface area (Å²) in [4.78, 5) is 32.3. The molecule has 1 fully saturated rings. The van der Waals surface area contributed by atoms with Crippen LogP contribution in [0.15, 0.2) is 60.8 Å². The molecule has 40 heavy (non-hydrogen) atoms. The third-order valence-corrected chi connectivity index (χ3v) is 8.21. The molecule has 0 saturated carbocycles. The van der Waals surface area contributed by atoms with Gasteiger partial charge in [0.15, 0.2) is 5.82 Å². The molecule has 2 aromatic carbocycles. The van der Waals surface area contributed by atoms with Gasteiger partial charge in [0.25, 0.3) is 5.91 Å². The van der Waals surface area contributed by atoms with Crippen LogP contribution in [-0.4, -0.2) is 47.5 Å². The Balaban J connectivity index is 1.14. The molecular weight excluding hydrogens is 524 g/mol. The van der Waals surface area contributed by atoms with E-state index in [-0.39, 0.29) is 22.8 Å². The number of nitrogens with one attached hydrogen (secondary N) is 4. The van der Waals surface area contributed by atoms with Gasteiger partial charge in [0.05, 0.1) is 16.6 Å². The van der Waals surface area contributed by atoms with Crippen molar-refractivity contribution in [2.75, 3.05) is 25.1 Å². The number of fused-ring (bicyclic) bond motifs is 2. The molecule has 2 aliphatic rings. The summed E-state index contributed by atoms with van der Waals surface area (Å²) >= 11 is 6.40. The first kappa shape index (κ1) is 27.9. The van der Waals surface area contributed by atoms with E-state index in [1.54, 1.807) is 6.07 Å². The van der Waals surface area contributed by atoms with Crippen LogP contribution < -0.4 is 21.5 Å². The molecule has 9 heteroatoms. The molecule has 4 N–H and O–H groups in total. The number of piperidine rings is 1. The van der Waals surface area contributed by atoms with Gasteiger partial charge in [-0.15, -0.1) is 0 Å². The van der Waals surface area contributed by atoms with Gasteiger partial charge in [-0.1, -0.05) is 66.6 Å². The number of rotatable bonds is 8. The zero-order valence-electron chi connectivity index (χ0n) is 22.9. The van der Waals surface area contributed by atoms with Crippen LogP contribution in [0.1, 0.15) is 71.3 Å². The van der Waals surface area contributed by atoms with E-state index in [1.165, 1.54) is 36.6 Å². The molecule has 5 rings (SSSR count). The quantitative estimate of drug-likeness (QED) is 0.223. The molecule has 1 saturated heterocycles. The van der Waals surface area contributed by atoms with Gasteiger partial charge in [0.2, 0.25) is 0 Å². The summed E-state index contributed by atoms with van der Waals surface area (Å²) in [6.45, 7) is 4.98. The van der Waals surface area contributed by atoms with Crippen LogP contribution in [0.2, 0.25) is 5.02 Å². The highest BCUT2D eigenvalue weighted by atomic mass is 35.5. The van der Waals surface area contributed by atoms with Gasteiger partial charge in [-0.05, 0) is 73.9 Å². The average molecular weight is 561 g/mol. The fourth-order valence-electron chi connectivity index (χ4n) is 5.69. The summed E-state index contributed by atoms with van der Waals surface area (Å²) in [6, 6.07) is 17.9. The van der Waals surface area contributed by atoms with Crippen molar-refractivity contribution in [3.05, 3.63) is 93.6 Å². The molecule has 8 nitrogen and oxygen atoms in total. The number of pyridine rings is 1. The van der Waals surface area contributed by atoms with Crippen molar-refractivity contribution in [3.63, 3.8) is 0 Å². The van der Waals surface area contributed by atoms with E-state index < -0.39 is 6.03 Å². The van der Waals surface area contributed by atoms with Crippen molar-refractivity contribution in [1.82, 2.24) is 25.9 Å². The number of aryl methyl sites for hydroxylation is 2. The highest BCUT2D eigenvalue weighted by Gasteiger charge is 2.25. The number of benzene rings is 2. The predicted molar refractivity (Wildman–Crippen MR) is 159 cm³/mol. The van der Waals surface area contributed by atoms with Gasteiger partial charge in [0, 0.05) is 25.3 Å². The molecular formula is C31H37ClN6O2. The normalized spacial score (nSPS) is 17.2. The summed E-state index contributed by atoms with van der Waals surface area (Å²) in [5.41, 5.74) is 10.4. The largest absolute Gasteiger partial charge is 0.352 e. The lowest BCUT2D eigenvalue weighted by Gasteiger charge is -2.33. The molecule has 210 valence electrons. The Kier molecular flexibility index (Phi) is 9.19. The minimum atomic E-state index is -0.417. The minimum absolute atomic E-state index is 0.218. The Morgan fingerprint density at radius 3 is 2.40 bits per heavy atom. The molecule has 1 aromatic heterocycles. The highest BCUT2D eigenvalue weighted by Crippen LogP contribution is 2.32. The van der Waals surface area contributed by atoms with Gasteiger partial charge in [-0.3, -0.25) is 15.6 Å². The zero-order valence-corrected chi connectivity index (χ0v) is 23.6. The Bertz CT molecular complexity index is 1300. The lowest BCUT2D eigenvalue weighted by molar-refractivity contribution is 0.0948. The van der Waals surface area contributed by atoms with E-state index in [0.29, 0.717) is 18.2 Å². The molecule has 1 aliphatic carbocycles. The smallest absolute Gasteiger partial charge is 0.334 e. The van der Waals surface area contributed by atoms with Crippen LogP contribution in [-0.2, 0) is 12.8 Å². The van der Waals surface area contributed by atoms with E-state index in [4.69, 9.17) is 11.6 Å². The average Bonchev–Trinajstić information content (AvgIpc) is 3.12. The maximum absolute atomic E-state index is 13.0. The van der Waals surface area contributed by atoms with Crippen molar-refractivity contribution >= 4 is 29.4 Å². The predicted octanol–water partition coefficient (Wildman–Crippen LogP) is 5.24. The molecule has 0 radical (unpaired) electrons. The number of amides is 3. The first-order valence-electron chi connectivity index (χ1n) is 14.2. The first-order valence-corrected chi connectivity index (χ1v) is 14.5. The second-order valence-electron chi connectivity index (χ2n) is 10.6. The number of hydrazine groups is 1. The molecule has 0 bridgehead atoms. The minimum Gasteiger partial charge on any atom is -0.352 e. The van der Waals surface area contributed by atoms with Gasteiger partial charge >= 0.3 is 6.03 Å². The third-order valence-electron chi connectivity index (χ3n) is 7.92. The van der Waals surface area contributed by atoms with Crippen LogP contribution in [0, 0.1) is 0 Å². The van der Waals surface area contributed by atoms with Crippen molar-refractivity contribution in [3.8, 4) is 0 Å². The molecule has 2 heterocycles. The summed E-state index contributed by atoms with van der Waals surface area (Å²) < 4.78 is 0. The van der Waals surface area contributed by atoms with Crippen LogP contribution in [0.3, 0.4) is 0 Å². The maximum atomic E-state index is 13.0. The van der Waals surface area contributed by atoms with Crippen molar-refractivity contribution in [2.45, 2.75) is 57.5 Å². The summed E-state index contributed by atoms with van der Waals surface area (Å²) in [6.07, 6.45) is 7.98. The molecule has 1 unspecified atom stereocenters. The number of carbonyl (C=O) groups excluding carboxylic acids is 2. The maximum Gasteiger partial charge on any atom is 0.334 e. The van der Waals surface area contributed by atoms with Gasteiger partial charge < -0.3 is 15.5 Å². The van der Waals surface area contributed by atoms with Crippen LogP contribution in [0.5, 0.6) is 0 Å². The Morgan fingerprint density at radius 1 is 1.02 bits per heavy atom. The van der Waals surface area contributed by atoms with Crippen molar-refractivity contribution in [1.29, 1.82) is 0 Å². The Hall–Kier alpha value is -3.62. The number of nitrogens with zero attached hydrogens (tertiary/aromatic N) is 2. The lowest BCUT2D eigenvalue weighted by Crippen LogP contribution is -2.41. The van der Waals surface area contributed by atoms with E-state index in [1.807, 2.05) is 24.3 Å². The van der Waals surface area contributed by atoms with E-state index in [2.05, 4.69) is 62.6 Å². The standard InChI is InChI=1S/C31H37ClN6O2/c1-21-9-6-7-17-38(21)18-8-16-33-30(39)24-19-27(32)29(34-20-24)36-37-31(40)35-28-25-12-4-2-10-22(25)14-15-23-11-3-5-13-26(23)28/h2-5,10-13,19-21,28H,6-9,14-18H2,1H3,(H,33,39)(H,34,36)(H2,35,37,40). The fraction of sp³-hybridized carbons (Fsp3) is 0.387. The van der Waals surface area contributed by atoms with Gasteiger partial charge in [0.1, 0.15) is 0 Å². The van der Waals surface area contributed by atoms with Crippen molar-refractivity contribution in [2.24, 2.45) is 0 Å². The van der Waals surface area contributed by atoms with E-state index in [0.717, 1.165) is 43.5 Å². The number of aromatic nitrogens is 1. The second kappa shape index (κ2) is 13.2. The van der Waals surface area contributed by atoms with Crippen molar-refractivity contribution < 1.29 is 9.59 Å². The Morgan fingerprint density at radius 2 is 1.73 bits per heavy atom. The first-order chi connectivity index (χ1) is 19.5. The summed E-state index contributed by atoms with van der Waals surface area (Å²) in [5.74, 6) is 0.0400. The molecule has 1 aliphatic heterocycles. The van der Waals surface area contributed by atoms with E-state index in [9.17, 15) is 9.59 Å². The van der Waals surface area contributed by atoms with Gasteiger partial charge in [-0.2, -0.15) is 0 Å². The number of halogens is 1. The van der Waals surface area contributed by atoms with Crippen LogP contribution in [0.4, 0.5) is 10.6 Å². The summed E-state index contributed by atoms with van der Waals surface area (Å²) in [7, 11) is 0. The zero-order chi connectivity index (χ0) is 27.9. The second-order valence-corrected chi connectivity index (χ2v) is 11.0. The number of carbonyl (C=O) groups is 2. The molecule has 1 atom stereocenters. The highest BCUT2D eigenvalue weighted by molar-refractivity contribution is 6.33. The number of hydrogen-bond donors (Lipinski definition) is 4. The van der Waals surface area contributed by atoms with E-state index >= 15 is 0 Å². The Labute approximate surface area is 240 Å². The number of hydrogen-bond acceptors (Lipinski definition) is 5. The van der Waals surface area contributed by atoms with Crippen LogP contribution >= 0.6 is 11.6 Å². The SMILES string of the molecule is CC1CCCCN1CCCNC(=O)c1cnc(NNC(=O)NC2c3ccccc3CCc3ccccc32)c(Cl)c1.